The molecular formula is C42H45BrN10O6. The van der Waals surface area contributed by atoms with Crippen molar-refractivity contribution in [1.29, 1.82) is 0 Å². The van der Waals surface area contributed by atoms with Crippen molar-refractivity contribution in [3.63, 3.8) is 0 Å². The number of carbonyl (C=O) groups excluding carboxylic acids is 2. The Morgan fingerprint density at radius 3 is 1.58 bits per heavy atom. The van der Waals surface area contributed by atoms with Crippen LogP contribution in [0.1, 0.15) is 31.8 Å². The molecule has 2 amide bonds. The fourth-order valence-corrected chi connectivity index (χ4v) is 6.12. The van der Waals surface area contributed by atoms with Gasteiger partial charge in [0.15, 0.2) is 23.0 Å². The predicted octanol–water partition coefficient (Wildman–Crippen LogP) is 8.06. The summed E-state index contributed by atoms with van der Waals surface area (Å²) < 4.78 is 22.2. The lowest BCUT2D eigenvalue weighted by molar-refractivity contribution is 0.0956. The zero-order chi connectivity index (χ0) is 42.5. The lowest BCUT2D eigenvalue weighted by Gasteiger charge is -2.15. The summed E-state index contributed by atoms with van der Waals surface area (Å²) in [6.07, 6.45) is 3.27. The molecule has 59 heavy (non-hydrogen) atoms. The molecule has 6 N–H and O–H groups in total. The Bertz CT molecular complexity index is 2430. The van der Waals surface area contributed by atoms with Gasteiger partial charge in [0.05, 0.1) is 55.4 Å². The van der Waals surface area contributed by atoms with Crippen LogP contribution < -0.4 is 50.8 Å². The molecule has 17 heteroatoms. The summed E-state index contributed by atoms with van der Waals surface area (Å²) in [5.74, 6) is 4.05. The van der Waals surface area contributed by atoms with Crippen LogP contribution in [0, 0.1) is 13.8 Å². The molecule has 2 aromatic heterocycles. The number of carbonyl (C=O) groups is 2. The largest absolute Gasteiger partial charge is 0.493 e. The standard InChI is InChI=1S/C21H22BrN5O3.C21H23N5O3/c1-12-9-13(10-17(29-3)18(12)30-4)25-21-24-11-15(22)19(27-21)26-16-8-6-5-7-14(16)20(28)23-2;1-13-11-14(12-17(28-3)19(13)29-4)24-21-23-10-9-18(26-21)25-16-8-6-5-7-15(16)20(27)22-2/h5-11H,1-4H3,(H,23,28)(H2,24,25,26,27);5-12H,1-4H3,(H,22,27)(H2,23,24,25,26). The van der Waals surface area contributed by atoms with E-state index < -0.39 is 0 Å². The highest BCUT2D eigenvalue weighted by molar-refractivity contribution is 9.10. The van der Waals surface area contributed by atoms with Gasteiger partial charge in [0.1, 0.15) is 11.6 Å². The third-order valence-corrected chi connectivity index (χ3v) is 9.13. The van der Waals surface area contributed by atoms with Gasteiger partial charge in [-0.1, -0.05) is 24.3 Å². The van der Waals surface area contributed by atoms with Crippen LogP contribution in [0.4, 0.5) is 46.3 Å². The quantitative estimate of drug-likeness (QED) is 0.0615. The maximum atomic E-state index is 12.1. The van der Waals surface area contributed by atoms with Gasteiger partial charge >= 0.3 is 0 Å². The minimum atomic E-state index is -0.192. The number of rotatable bonds is 14. The van der Waals surface area contributed by atoms with Gasteiger partial charge in [-0.2, -0.15) is 9.97 Å². The second-order valence-corrected chi connectivity index (χ2v) is 13.3. The maximum absolute atomic E-state index is 12.1. The molecule has 0 saturated heterocycles. The lowest BCUT2D eigenvalue weighted by atomic mass is 10.1. The molecule has 0 spiro atoms. The number of hydrogen-bond acceptors (Lipinski definition) is 14. The summed E-state index contributed by atoms with van der Waals surface area (Å²) in [4.78, 5) is 41.8. The van der Waals surface area contributed by atoms with E-state index in [4.69, 9.17) is 18.9 Å². The van der Waals surface area contributed by atoms with E-state index in [1.165, 1.54) is 0 Å². The van der Waals surface area contributed by atoms with Crippen LogP contribution in [-0.2, 0) is 0 Å². The fraction of sp³-hybridized carbons (Fsp3) is 0.190. The summed E-state index contributed by atoms with van der Waals surface area (Å²) in [5.41, 5.74) is 5.67. The van der Waals surface area contributed by atoms with E-state index in [1.807, 2.05) is 68.4 Å². The molecular weight excluding hydrogens is 820 g/mol. The molecule has 0 aliphatic carbocycles. The van der Waals surface area contributed by atoms with E-state index in [-0.39, 0.29) is 11.8 Å². The molecule has 4 aromatic carbocycles. The molecule has 6 aromatic rings. The van der Waals surface area contributed by atoms with Crippen LogP contribution in [0.5, 0.6) is 23.0 Å². The Kier molecular flexibility index (Phi) is 14.8. The Labute approximate surface area is 350 Å². The third kappa shape index (κ3) is 10.8. The number of aryl methyl sites for hydroxylation is 2. The van der Waals surface area contributed by atoms with Gasteiger partial charge < -0.3 is 50.8 Å². The highest BCUT2D eigenvalue weighted by Crippen LogP contribution is 2.36. The van der Waals surface area contributed by atoms with E-state index in [1.54, 1.807) is 79.2 Å². The average Bonchev–Trinajstić information content (AvgIpc) is 3.24. The van der Waals surface area contributed by atoms with Crippen molar-refractivity contribution in [3.8, 4) is 23.0 Å². The van der Waals surface area contributed by atoms with Crippen LogP contribution in [0.2, 0.25) is 0 Å². The topological polar surface area (TPSA) is 195 Å². The molecule has 0 aliphatic heterocycles. The molecule has 2 heterocycles. The summed E-state index contributed by atoms with van der Waals surface area (Å²) in [6, 6.07) is 23.6. The number of nitrogens with zero attached hydrogens (tertiary/aromatic N) is 4. The Morgan fingerprint density at radius 1 is 0.593 bits per heavy atom. The van der Waals surface area contributed by atoms with Crippen LogP contribution in [-0.4, -0.2) is 74.3 Å². The smallest absolute Gasteiger partial charge is 0.253 e. The molecule has 0 aliphatic rings. The Morgan fingerprint density at radius 2 is 1.08 bits per heavy atom. The van der Waals surface area contributed by atoms with Gasteiger partial charge in [0, 0.05) is 50.0 Å². The zero-order valence-electron chi connectivity index (χ0n) is 33.8. The molecule has 0 bridgehead atoms. The van der Waals surface area contributed by atoms with Gasteiger partial charge in [-0.05, 0) is 83.4 Å². The SMILES string of the molecule is CNC(=O)c1ccccc1Nc1ccnc(Nc2cc(C)c(OC)c(OC)c2)n1.CNC(=O)c1ccccc1Nc1nc(Nc2cc(C)c(OC)c(OC)c2)ncc1Br. The number of halogens is 1. The number of nitrogens with one attached hydrogen (secondary N) is 6. The van der Waals surface area contributed by atoms with Gasteiger partial charge in [-0.15, -0.1) is 0 Å². The van der Waals surface area contributed by atoms with E-state index in [2.05, 4.69) is 67.8 Å². The molecule has 0 atom stereocenters. The average molecular weight is 866 g/mol. The van der Waals surface area contributed by atoms with E-state index in [9.17, 15) is 9.59 Å². The Balaban J connectivity index is 0.000000224. The van der Waals surface area contributed by atoms with Gasteiger partial charge in [0.25, 0.3) is 11.8 Å². The van der Waals surface area contributed by atoms with Crippen LogP contribution in [0.25, 0.3) is 0 Å². The molecule has 16 nitrogen and oxygen atoms in total. The third-order valence-electron chi connectivity index (χ3n) is 8.55. The number of amides is 2. The highest BCUT2D eigenvalue weighted by atomic mass is 79.9. The normalized spacial score (nSPS) is 10.3. The number of ether oxygens (including phenoxy) is 4. The number of anilines is 8. The number of hydrogen-bond donors (Lipinski definition) is 6. The van der Waals surface area contributed by atoms with Crippen LogP contribution >= 0.6 is 15.9 Å². The van der Waals surface area contributed by atoms with Crippen molar-refractivity contribution in [2.24, 2.45) is 0 Å². The van der Waals surface area contributed by atoms with E-state index >= 15 is 0 Å². The number of benzene rings is 4. The minimum Gasteiger partial charge on any atom is -0.493 e. The van der Waals surface area contributed by atoms with Gasteiger partial charge in [-0.3, -0.25) is 9.59 Å². The minimum absolute atomic E-state index is 0.179. The number of aromatic nitrogens is 4. The predicted molar refractivity (Wildman–Crippen MR) is 233 cm³/mol. The van der Waals surface area contributed by atoms with Crippen molar-refractivity contribution < 1.29 is 28.5 Å². The second kappa shape index (κ2) is 20.3. The van der Waals surface area contributed by atoms with E-state index in [0.29, 0.717) is 73.5 Å². The number of methoxy groups -OCH3 is 4. The van der Waals surface area contributed by atoms with Crippen molar-refractivity contribution in [2.45, 2.75) is 13.8 Å². The van der Waals surface area contributed by atoms with Gasteiger partial charge in [-0.25, -0.2) is 9.97 Å². The van der Waals surface area contributed by atoms with Crippen molar-refractivity contribution >= 4 is 74.0 Å². The highest BCUT2D eigenvalue weighted by Gasteiger charge is 2.15. The van der Waals surface area contributed by atoms with Crippen molar-refractivity contribution in [1.82, 2.24) is 30.6 Å². The van der Waals surface area contributed by atoms with Gasteiger partial charge in [0.2, 0.25) is 11.9 Å². The van der Waals surface area contributed by atoms with Crippen LogP contribution in [0.15, 0.2) is 95.7 Å². The van der Waals surface area contributed by atoms with Crippen LogP contribution in [0.3, 0.4) is 0 Å². The first-order valence-corrected chi connectivity index (χ1v) is 18.8. The summed E-state index contributed by atoms with van der Waals surface area (Å²) >= 11 is 3.45. The Hall–Kier alpha value is -7.14. The number of para-hydroxylation sites is 2. The second-order valence-electron chi connectivity index (χ2n) is 12.5. The molecule has 306 valence electrons. The van der Waals surface area contributed by atoms with E-state index in [0.717, 1.165) is 22.5 Å². The molecule has 0 saturated carbocycles. The summed E-state index contributed by atoms with van der Waals surface area (Å²) in [7, 11) is 9.57. The first kappa shape index (κ1) is 43.0. The first-order valence-electron chi connectivity index (χ1n) is 18.0. The lowest BCUT2D eigenvalue weighted by Crippen LogP contribution is -2.19. The molecule has 6 rings (SSSR count). The maximum Gasteiger partial charge on any atom is 0.253 e. The monoisotopic (exact) mass is 864 g/mol. The van der Waals surface area contributed by atoms with Crippen molar-refractivity contribution in [2.75, 3.05) is 63.8 Å². The van der Waals surface area contributed by atoms with Crippen molar-refractivity contribution in [3.05, 3.63) is 118 Å². The molecule has 0 unspecified atom stereocenters. The summed E-state index contributed by atoms with van der Waals surface area (Å²) in [6.45, 7) is 3.86. The zero-order valence-corrected chi connectivity index (χ0v) is 35.4. The first-order chi connectivity index (χ1) is 28.5. The molecule has 0 radical (unpaired) electrons. The summed E-state index contributed by atoms with van der Waals surface area (Å²) in [5, 5.41) is 18.0. The fourth-order valence-electron chi connectivity index (χ4n) is 5.83. The molecule has 0 fully saturated rings.